The molecule has 0 aliphatic carbocycles. The van der Waals surface area contributed by atoms with Gasteiger partial charge in [0.2, 0.25) is 0 Å². The number of phenolic OH excluding ortho intramolecular Hbond substituents is 1. The molecule has 0 saturated carbocycles. The zero-order chi connectivity index (χ0) is 21.1. The van der Waals surface area contributed by atoms with Crippen molar-refractivity contribution in [2.75, 3.05) is 0 Å². The Morgan fingerprint density at radius 1 is 0.900 bits per heavy atom. The quantitative estimate of drug-likeness (QED) is 0.457. The van der Waals surface area contributed by atoms with E-state index < -0.39 is 5.97 Å². The number of aromatic carboxylic acids is 1. The topological polar surface area (TPSA) is 117 Å². The molecule has 0 fully saturated rings. The Labute approximate surface area is 171 Å². The van der Waals surface area contributed by atoms with Crippen LogP contribution in [0.25, 0.3) is 10.8 Å². The molecule has 8 nitrogen and oxygen atoms in total. The number of carbonyl (C=O) groups is 2. The highest BCUT2D eigenvalue weighted by atomic mass is 16.4. The maximum absolute atomic E-state index is 12.5. The number of nitrogens with zero attached hydrogens (tertiary/aromatic N) is 3. The van der Waals surface area contributed by atoms with Gasteiger partial charge in [0, 0.05) is 12.0 Å². The highest BCUT2D eigenvalue weighted by Crippen LogP contribution is 2.28. The first-order valence-electron chi connectivity index (χ1n) is 9.18. The summed E-state index contributed by atoms with van der Waals surface area (Å²) in [6.07, 6.45) is 3.46. The van der Waals surface area contributed by atoms with Crippen molar-refractivity contribution in [1.82, 2.24) is 20.1 Å². The first-order valence-corrected chi connectivity index (χ1v) is 9.18. The van der Waals surface area contributed by atoms with Gasteiger partial charge in [-0.1, -0.05) is 18.2 Å². The van der Waals surface area contributed by atoms with Gasteiger partial charge in [-0.25, -0.2) is 4.79 Å². The van der Waals surface area contributed by atoms with Crippen LogP contribution in [0.5, 0.6) is 5.75 Å². The molecule has 3 N–H and O–H groups in total. The molecule has 0 radical (unpaired) electrons. The number of hydrogen-bond donors (Lipinski definition) is 3. The Morgan fingerprint density at radius 2 is 1.60 bits per heavy atom. The number of phenols is 1. The molecule has 3 aromatic carbocycles. The smallest absolute Gasteiger partial charge is 0.335 e. The molecule has 1 aromatic heterocycles. The Bertz CT molecular complexity index is 1220. The number of nitrogens with one attached hydrogen (secondary N) is 1. The number of benzene rings is 3. The average molecular weight is 402 g/mol. The second kappa shape index (κ2) is 8.04. The summed E-state index contributed by atoms with van der Waals surface area (Å²) in [6, 6.07) is 15.3. The summed E-state index contributed by atoms with van der Waals surface area (Å²) in [7, 11) is 0. The van der Waals surface area contributed by atoms with Crippen LogP contribution >= 0.6 is 0 Å². The molecule has 150 valence electrons. The second-order valence-corrected chi connectivity index (χ2v) is 6.86. The Balaban J connectivity index is 1.56. The molecular formula is C22H18N4O4. The largest absolute Gasteiger partial charge is 0.508 e. The van der Waals surface area contributed by atoms with Crippen LogP contribution in [-0.4, -0.2) is 36.9 Å². The fourth-order valence-electron chi connectivity index (χ4n) is 3.17. The van der Waals surface area contributed by atoms with Crippen LogP contribution in [0, 0.1) is 0 Å². The molecule has 0 bridgehead atoms. The maximum Gasteiger partial charge on any atom is 0.335 e. The van der Waals surface area contributed by atoms with E-state index in [0.717, 1.165) is 16.3 Å². The molecular weight excluding hydrogens is 384 g/mol. The average Bonchev–Trinajstić information content (AvgIpc) is 3.26. The number of fused-ring (bicyclic) bond motifs is 1. The van der Waals surface area contributed by atoms with Gasteiger partial charge >= 0.3 is 5.97 Å². The van der Waals surface area contributed by atoms with Crippen molar-refractivity contribution in [1.29, 1.82) is 0 Å². The first-order chi connectivity index (χ1) is 14.5. The van der Waals surface area contributed by atoms with Gasteiger partial charge in [0.25, 0.3) is 5.91 Å². The summed E-state index contributed by atoms with van der Waals surface area (Å²) in [5.74, 6) is -1.07. The zero-order valence-electron chi connectivity index (χ0n) is 15.8. The van der Waals surface area contributed by atoms with Crippen LogP contribution in [0.4, 0.5) is 0 Å². The summed E-state index contributed by atoms with van der Waals surface area (Å²) in [5, 5.41) is 31.2. The SMILES string of the molecule is O=C(O)c1ccc(Cc2cc3cc(C(=O)NCn4cnnc4)ccc3cc2O)cc1. The summed E-state index contributed by atoms with van der Waals surface area (Å²) in [5.41, 5.74) is 2.27. The number of aromatic nitrogens is 3. The van der Waals surface area contributed by atoms with Crippen molar-refractivity contribution in [3.05, 3.63) is 89.5 Å². The van der Waals surface area contributed by atoms with Crippen molar-refractivity contribution in [2.24, 2.45) is 0 Å². The third kappa shape index (κ3) is 4.12. The van der Waals surface area contributed by atoms with Crippen LogP contribution in [0.1, 0.15) is 31.8 Å². The maximum atomic E-state index is 12.5. The number of hydrogen-bond acceptors (Lipinski definition) is 5. The molecule has 0 saturated heterocycles. The first kappa shape index (κ1) is 19.1. The molecule has 1 heterocycles. The molecule has 8 heteroatoms. The number of aromatic hydroxyl groups is 1. The van der Waals surface area contributed by atoms with E-state index in [2.05, 4.69) is 15.5 Å². The van der Waals surface area contributed by atoms with Gasteiger partial charge in [0.05, 0.1) is 12.2 Å². The Hall–Kier alpha value is -4.20. The molecule has 0 atom stereocenters. The van der Waals surface area contributed by atoms with Gasteiger partial charge in [0.15, 0.2) is 0 Å². The van der Waals surface area contributed by atoms with Gasteiger partial charge in [-0.3, -0.25) is 4.79 Å². The number of carboxylic acids is 1. The molecule has 0 aliphatic rings. The van der Waals surface area contributed by atoms with E-state index in [1.54, 1.807) is 41.0 Å². The van der Waals surface area contributed by atoms with E-state index in [9.17, 15) is 14.7 Å². The molecule has 1 amide bonds. The van der Waals surface area contributed by atoms with E-state index in [0.29, 0.717) is 17.5 Å². The molecule has 30 heavy (non-hydrogen) atoms. The molecule has 0 aliphatic heterocycles. The van der Waals surface area contributed by atoms with Gasteiger partial charge < -0.3 is 20.1 Å². The van der Waals surface area contributed by atoms with E-state index in [1.165, 1.54) is 24.8 Å². The molecule has 0 unspecified atom stereocenters. The van der Waals surface area contributed by atoms with Crippen molar-refractivity contribution < 1.29 is 19.8 Å². The minimum atomic E-state index is -0.981. The lowest BCUT2D eigenvalue weighted by molar-refractivity contribution is 0.0696. The third-order valence-corrected chi connectivity index (χ3v) is 4.78. The zero-order valence-corrected chi connectivity index (χ0v) is 15.8. The number of carbonyl (C=O) groups excluding carboxylic acids is 1. The van der Waals surface area contributed by atoms with Crippen LogP contribution in [-0.2, 0) is 13.1 Å². The highest BCUT2D eigenvalue weighted by molar-refractivity contribution is 5.99. The molecule has 4 aromatic rings. The normalized spacial score (nSPS) is 10.8. The van der Waals surface area contributed by atoms with Gasteiger partial charge in [-0.2, -0.15) is 0 Å². The van der Waals surface area contributed by atoms with Gasteiger partial charge in [0.1, 0.15) is 18.4 Å². The van der Waals surface area contributed by atoms with Crippen molar-refractivity contribution in [2.45, 2.75) is 13.1 Å². The Morgan fingerprint density at radius 3 is 2.30 bits per heavy atom. The summed E-state index contributed by atoms with van der Waals surface area (Å²) < 4.78 is 1.64. The van der Waals surface area contributed by atoms with E-state index >= 15 is 0 Å². The van der Waals surface area contributed by atoms with Gasteiger partial charge in [-0.05, 0) is 58.3 Å². The lowest BCUT2D eigenvalue weighted by Crippen LogP contribution is -2.25. The monoisotopic (exact) mass is 402 g/mol. The van der Waals surface area contributed by atoms with Crippen molar-refractivity contribution in [3.8, 4) is 5.75 Å². The lowest BCUT2D eigenvalue weighted by atomic mass is 9.98. The van der Waals surface area contributed by atoms with Crippen LogP contribution < -0.4 is 5.32 Å². The molecule has 4 rings (SSSR count). The number of rotatable bonds is 6. The lowest BCUT2D eigenvalue weighted by Gasteiger charge is -2.10. The fraction of sp³-hybridized carbons (Fsp3) is 0.0909. The van der Waals surface area contributed by atoms with Crippen LogP contribution in [0.2, 0.25) is 0 Å². The van der Waals surface area contributed by atoms with Gasteiger partial charge in [-0.15, -0.1) is 10.2 Å². The van der Waals surface area contributed by atoms with E-state index in [1.807, 2.05) is 6.07 Å². The predicted molar refractivity (Wildman–Crippen MR) is 109 cm³/mol. The van der Waals surface area contributed by atoms with E-state index in [4.69, 9.17) is 5.11 Å². The summed E-state index contributed by atoms with van der Waals surface area (Å²) in [6.45, 7) is 0.261. The highest BCUT2D eigenvalue weighted by Gasteiger charge is 2.10. The molecule has 0 spiro atoms. The summed E-state index contributed by atoms with van der Waals surface area (Å²) >= 11 is 0. The Kier molecular flexibility index (Phi) is 5.13. The van der Waals surface area contributed by atoms with Crippen molar-refractivity contribution >= 4 is 22.6 Å². The van der Waals surface area contributed by atoms with Crippen LogP contribution in [0.15, 0.2) is 67.3 Å². The second-order valence-electron chi connectivity index (χ2n) is 6.86. The fourth-order valence-corrected chi connectivity index (χ4v) is 3.17. The standard InChI is InChI=1S/C22H18N4O4/c27-20-10-16-5-6-17(21(28)23-11-26-12-24-25-13-26)8-18(16)9-19(20)7-14-1-3-15(4-2-14)22(29)30/h1-6,8-10,12-13,27H,7,11H2,(H,23,28)(H,29,30). The van der Waals surface area contributed by atoms with E-state index in [-0.39, 0.29) is 23.9 Å². The minimum absolute atomic E-state index is 0.148. The number of amides is 1. The third-order valence-electron chi connectivity index (χ3n) is 4.78. The summed E-state index contributed by atoms with van der Waals surface area (Å²) in [4.78, 5) is 23.4. The number of carboxylic acid groups (broad SMARTS) is 1. The van der Waals surface area contributed by atoms with Crippen LogP contribution in [0.3, 0.4) is 0 Å². The minimum Gasteiger partial charge on any atom is -0.508 e. The predicted octanol–water partition coefficient (Wildman–Crippen LogP) is 2.81. The van der Waals surface area contributed by atoms with Crippen molar-refractivity contribution in [3.63, 3.8) is 0 Å².